The second-order valence-electron chi connectivity index (χ2n) is 9.37. The van der Waals surface area contributed by atoms with Gasteiger partial charge in [-0.2, -0.15) is 0 Å². The highest BCUT2D eigenvalue weighted by Gasteiger charge is 2.32. The third-order valence-electron chi connectivity index (χ3n) is 6.59. The average molecular weight is 574 g/mol. The van der Waals surface area contributed by atoms with Gasteiger partial charge in [0.25, 0.3) is 0 Å². The van der Waals surface area contributed by atoms with E-state index in [9.17, 15) is 9.59 Å². The number of amides is 2. The van der Waals surface area contributed by atoms with Gasteiger partial charge in [-0.1, -0.05) is 29.8 Å². The molecule has 11 heteroatoms. The van der Waals surface area contributed by atoms with Crippen LogP contribution in [0.5, 0.6) is 0 Å². The fraction of sp³-hybridized carbons (Fsp3) is 0.241. The van der Waals surface area contributed by atoms with Crippen molar-refractivity contribution in [1.82, 2.24) is 30.4 Å². The summed E-state index contributed by atoms with van der Waals surface area (Å²) in [7, 11) is 0. The molecule has 0 fully saturated rings. The molecular formula is C29H28ClN7O2S. The molecule has 4 heterocycles. The third-order valence-corrected chi connectivity index (χ3v) is 8.04. The molecule has 2 N–H and O–H groups in total. The zero-order chi connectivity index (χ0) is 28.2. The molecule has 0 saturated carbocycles. The number of rotatable bonds is 8. The number of fused-ring (bicyclic) bond motifs is 3. The number of aliphatic imine (C=N–C) groups is 1. The number of hydrogen-bond donors (Lipinski definition) is 2. The van der Waals surface area contributed by atoms with E-state index in [1.54, 1.807) is 35.9 Å². The number of nitrogens with one attached hydrogen (secondary N) is 2. The lowest BCUT2D eigenvalue weighted by Gasteiger charge is -2.13. The van der Waals surface area contributed by atoms with Crippen LogP contribution in [0.25, 0.3) is 11.1 Å². The van der Waals surface area contributed by atoms with Crippen LogP contribution in [0.4, 0.5) is 0 Å². The number of carbonyl (C=O) groups excluding carboxylic acids is 2. The molecule has 2 amide bonds. The smallest absolute Gasteiger partial charge is 0.244 e. The second-order valence-corrected chi connectivity index (χ2v) is 11.0. The molecular weight excluding hydrogens is 546 g/mol. The van der Waals surface area contributed by atoms with Gasteiger partial charge in [-0.05, 0) is 56.2 Å². The van der Waals surface area contributed by atoms with Gasteiger partial charge in [0, 0.05) is 52.6 Å². The number of aromatic nitrogens is 4. The van der Waals surface area contributed by atoms with Gasteiger partial charge in [-0.3, -0.25) is 24.1 Å². The van der Waals surface area contributed by atoms with E-state index in [4.69, 9.17) is 16.6 Å². The molecule has 0 radical (unpaired) electrons. The Labute approximate surface area is 241 Å². The van der Waals surface area contributed by atoms with Gasteiger partial charge in [-0.25, -0.2) is 0 Å². The summed E-state index contributed by atoms with van der Waals surface area (Å²) in [5.74, 6) is 0.902. The molecule has 0 bridgehead atoms. The van der Waals surface area contributed by atoms with Crippen LogP contribution in [0.15, 0.2) is 59.9 Å². The molecule has 9 nitrogen and oxygen atoms in total. The minimum Gasteiger partial charge on any atom is -0.354 e. The van der Waals surface area contributed by atoms with Crippen molar-refractivity contribution in [1.29, 1.82) is 0 Å². The van der Waals surface area contributed by atoms with Crippen molar-refractivity contribution in [3.63, 3.8) is 0 Å². The highest BCUT2D eigenvalue weighted by Crippen LogP contribution is 2.39. The Morgan fingerprint density at radius 2 is 1.85 bits per heavy atom. The maximum absolute atomic E-state index is 13.0. The van der Waals surface area contributed by atoms with Gasteiger partial charge in [0.1, 0.15) is 16.9 Å². The Morgan fingerprint density at radius 3 is 2.60 bits per heavy atom. The van der Waals surface area contributed by atoms with Crippen LogP contribution in [-0.2, 0) is 9.59 Å². The van der Waals surface area contributed by atoms with Crippen molar-refractivity contribution in [2.45, 2.75) is 33.2 Å². The summed E-state index contributed by atoms with van der Waals surface area (Å²) in [4.78, 5) is 35.4. The first-order chi connectivity index (χ1) is 19.3. The molecule has 1 atom stereocenters. The van der Waals surface area contributed by atoms with Gasteiger partial charge >= 0.3 is 0 Å². The minimum atomic E-state index is -0.553. The summed E-state index contributed by atoms with van der Waals surface area (Å²) in [5.41, 5.74) is 4.68. The number of halogens is 1. The molecule has 3 aromatic heterocycles. The Bertz CT molecular complexity index is 1610. The van der Waals surface area contributed by atoms with E-state index >= 15 is 0 Å². The topological polar surface area (TPSA) is 114 Å². The summed E-state index contributed by atoms with van der Waals surface area (Å²) in [6.45, 7) is 6.65. The van der Waals surface area contributed by atoms with Crippen molar-refractivity contribution in [2.75, 3.05) is 13.1 Å². The second kappa shape index (κ2) is 11.9. The number of carbonyl (C=O) groups is 2. The van der Waals surface area contributed by atoms with E-state index < -0.39 is 6.04 Å². The van der Waals surface area contributed by atoms with E-state index in [-0.39, 0.29) is 31.3 Å². The molecule has 1 aliphatic rings. The van der Waals surface area contributed by atoms with Crippen molar-refractivity contribution in [3.05, 3.63) is 98.7 Å². The predicted octanol–water partition coefficient (Wildman–Crippen LogP) is 4.53. The number of nitrogens with zero attached hydrogens (tertiary/aromatic N) is 5. The van der Waals surface area contributed by atoms with Crippen molar-refractivity contribution in [2.24, 2.45) is 4.99 Å². The fourth-order valence-electron chi connectivity index (χ4n) is 4.47. The molecule has 1 aliphatic heterocycles. The lowest BCUT2D eigenvalue weighted by Crippen LogP contribution is -2.34. The third kappa shape index (κ3) is 5.88. The molecule has 0 aliphatic carbocycles. The Hall–Kier alpha value is -4.15. The molecule has 0 spiro atoms. The van der Waals surface area contributed by atoms with E-state index in [1.807, 2.05) is 41.8 Å². The Balaban J connectivity index is 1.32. The highest BCUT2D eigenvalue weighted by molar-refractivity contribution is 7.15. The van der Waals surface area contributed by atoms with Crippen LogP contribution in [0, 0.1) is 20.8 Å². The van der Waals surface area contributed by atoms with Crippen LogP contribution < -0.4 is 10.6 Å². The van der Waals surface area contributed by atoms with Crippen LogP contribution in [0.1, 0.15) is 51.2 Å². The van der Waals surface area contributed by atoms with Crippen LogP contribution in [0.2, 0.25) is 5.02 Å². The number of benzene rings is 1. The monoisotopic (exact) mass is 573 g/mol. The van der Waals surface area contributed by atoms with Gasteiger partial charge in [0.15, 0.2) is 5.82 Å². The van der Waals surface area contributed by atoms with E-state index in [1.165, 1.54) is 11.0 Å². The van der Waals surface area contributed by atoms with E-state index in [0.29, 0.717) is 10.8 Å². The Kier molecular flexibility index (Phi) is 8.18. The maximum atomic E-state index is 13.0. The van der Waals surface area contributed by atoms with Crippen molar-refractivity contribution >= 4 is 46.5 Å². The normalized spacial score (nSPS) is 14.3. The lowest BCUT2D eigenvalue weighted by atomic mass is 9.99. The highest BCUT2D eigenvalue weighted by atomic mass is 35.5. The first-order valence-electron chi connectivity index (χ1n) is 12.8. The van der Waals surface area contributed by atoms with Crippen molar-refractivity contribution < 1.29 is 9.59 Å². The Morgan fingerprint density at radius 1 is 1.07 bits per heavy atom. The number of pyridine rings is 1. The zero-order valence-electron chi connectivity index (χ0n) is 22.3. The van der Waals surface area contributed by atoms with Gasteiger partial charge in [-0.15, -0.1) is 21.5 Å². The SMILES string of the molecule is Cc1sc2c(c1C)C(c1ccc(Cl)cc1)=N[C@@H](CC(=O)NCCNC(=O)/C=C/c1cccnc1)c1nnc(C)n1-2. The minimum absolute atomic E-state index is 0.0804. The van der Waals surface area contributed by atoms with E-state index in [2.05, 4.69) is 39.7 Å². The van der Waals surface area contributed by atoms with Gasteiger partial charge in [0.05, 0.1) is 12.1 Å². The largest absolute Gasteiger partial charge is 0.354 e. The molecule has 204 valence electrons. The number of hydrogen-bond acceptors (Lipinski definition) is 7. The molecule has 40 heavy (non-hydrogen) atoms. The molecule has 4 aromatic rings. The molecule has 1 aromatic carbocycles. The van der Waals surface area contributed by atoms with E-state index in [0.717, 1.165) is 38.8 Å². The predicted molar refractivity (Wildman–Crippen MR) is 157 cm³/mol. The quantitative estimate of drug-likeness (QED) is 0.237. The van der Waals surface area contributed by atoms with Crippen molar-refractivity contribution in [3.8, 4) is 5.00 Å². The molecule has 0 unspecified atom stereocenters. The lowest BCUT2D eigenvalue weighted by molar-refractivity contribution is -0.122. The number of thiophene rings is 1. The summed E-state index contributed by atoms with van der Waals surface area (Å²) in [5, 5.41) is 16.0. The summed E-state index contributed by atoms with van der Waals surface area (Å²) < 4.78 is 2.01. The van der Waals surface area contributed by atoms with Crippen LogP contribution in [-0.4, -0.2) is 50.4 Å². The van der Waals surface area contributed by atoms with Gasteiger partial charge < -0.3 is 10.6 Å². The first kappa shape index (κ1) is 27.4. The number of aryl methyl sites for hydroxylation is 2. The zero-order valence-corrected chi connectivity index (χ0v) is 23.9. The summed E-state index contributed by atoms with van der Waals surface area (Å²) >= 11 is 7.83. The van der Waals surface area contributed by atoms with Gasteiger partial charge in [0.2, 0.25) is 11.8 Å². The average Bonchev–Trinajstić information content (AvgIpc) is 3.43. The van der Waals surface area contributed by atoms with Crippen LogP contribution in [0.3, 0.4) is 0 Å². The fourth-order valence-corrected chi connectivity index (χ4v) is 5.81. The summed E-state index contributed by atoms with van der Waals surface area (Å²) in [6.07, 6.45) is 6.54. The van der Waals surface area contributed by atoms with Crippen LogP contribution >= 0.6 is 22.9 Å². The standard InChI is InChI=1S/C29H28ClN7O2S/c1-17-18(2)40-29-26(17)27(21-7-9-22(30)10-8-21)34-23(28-36-35-19(3)37(28)29)15-25(39)33-14-13-32-24(38)11-6-20-5-4-12-31-16-20/h4-12,16,23H,13-15H2,1-3H3,(H,32,38)(H,33,39)/b11-6+/t23-/m0/s1. The maximum Gasteiger partial charge on any atom is 0.244 e. The molecule has 0 saturated heterocycles. The summed E-state index contributed by atoms with van der Waals surface area (Å²) in [6, 6.07) is 10.7. The first-order valence-corrected chi connectivity index (χ1v) is 14.0. The molecule has 5 rings (SSSR count).